The SMILES string of the molecule is CCCCCCCCCCCCC/C=C/C(O)C(CO)NC(=O)C(O)CCCCCCCCCCCCCCCC. The van der Waals surface area contributed by atoms with Gasteiger partial charge in [-0.15, -0.1) is 0 Å². The summed E-state index contributed by atoms with van der Waals surface area (Å²) in [6.07, 6.45) is 35.0. The van der Waals surface area contributed by atoms with E-state index in [4.69, 9.17) is 0 Å². The van der Waals surface area contributed by atoms with Crippen LogP contribution in [0.5, 0.6) is 0 Å². The fraction of sp³-hybridized carbons (Fsp3) is 0.917. The second kappa shape index (κ2) is 32.0. The van der Waals surface area contributed by atoms with Crippen molar-refractivity contribution in [1.82, 2.24) is 5.32 Å². The van der Waals surface area contributed by atoms with Gasteiger partial charge in [-0.05, 0) is 19.3 Å². The number of unbranched alkanes of at least 4 members (excludes halogenated alkanes) is 24. The number of rotatable bonds is 32. The van der Waals surface area contributed by atoms with E-state index in [0.717, 1.165) is 32.1 Å². The zero-order valence-corrected chi connectivity index (χ0v) is 27.4. The lowest BCUT2D eigenvalue weighted by Crippen LogP contribution is -2.48. The Morgan fingerprint density at radius 1 is 0.585 bits per heavy atom. The highest BCUT2D eigenvalue weighted by Gasteiger charge is 2.22. The Morgan fingerprint density at radius 2 is 0.951 bits per heavy atom. The van der Waals surface area contributed by atoms with E-state index >= 15 is 0 Å². The molecular formula is C36H71NO4. The molecule has 0 rings (SSSR count). The smallest absolute Gasteiger partial charge is 0.249 e. The Labute approximate surface area is 255 Å². The van der Waals surface area contributed by atoms with Crippen molar-refractivity contribution in [3.8, 4) is 0 Å². The van der Waals surface area contributed by atoms with Gasteiger partial charge in [-0.25, -0.2) is 0 Å². The van der Waals surface area contributed by atoms with Gasteiger partial charge in [-0.2, -0.15) is 0 Å². The number of nitrogens with one attached hydrogen (secondary N) is 1. The van der Waals surface area contributed by atoms with Crippen molar-refractivity contribution >= 4 is 5.91 Å². The van der Waals surface area contributed by atoms with Gasteiger partial charge in [0, 0.05) is 0 Å². The number of carbonyl (C=O) groups is 1. The number of hydrogen-bond acceptors (Lipinski definition) is 4. The second-order valence-corrected chi connectivity index (χ2v) is 12.4. The summed E-state index contributed by atoms with van der Waals surface area (Å²) in [4.78, 5) is 12.4. The Morgan fingerprint density at radius 3 is 1.34 bits per heavy atom. The number of hydrogen-bond donors (Lipinski definition) is 4. The third-order valence-corrected chi connectivity index (χ3v) is 8.38. The Kier molecular flexibility index (Phi) is 31.3. The average Bonchev–Trinajstić information content (AvgIpc) is 2.98. The zero-order chi connectivity index (χ0) is 30.2. The largest absolute Gasteiger partial charge is 0.394 e. The van der Waals surface area contributed by atoms with Crippen LogP contribution in [0.2, 0.25) is 0 Å². The van der Waals surface area contributed by atoms with Gasteiger partial charge in [0.05, 0.1) is 18.8 Å². The lowest BCUT2D eigenvalue weighted by molar-refractivity contribution is -0.131. The second-order valence-electron chi connectivity index (χ2n) is 12.4. The third-order valence-electron chi connectivity index (χ3n) is 8.38. The van der Waals surface area contributed by atoms with Gasteiger partial charge in [-0.3, -0.25) is 4.79 Å². The summed E-state index contributed by atoms with van der Waals surface area (Å²) in [5, 5.41) is 32.9. The molecule has 0 saturated carbocycles. The number of allylic oxidation sites excluding steroid dienone is 1. The molecule has 244 valence electrons. The number of carbonyl (C=O) groups excluding carboxylic acids is 1. The van der Waals surface area contributed by atoms with Crippen LogP contribution in [0.3, 0.4) is 0 Å². The molecule has 0 aromatic rings. The summed E-state index contributed by atoms with van der Waals surface area (Å²) in [5.74, 6) is -0.503. The quantitative estimate of drug-likeness (QED) is 0.0471. The minimum absolute atomic E-state index is 0.360. The summed E-state index contributed by atoms with van der Waals surface area (Å²) >= 11 is 0. The van der Waals surface area contributed by atoms with Gasteiger partial charge in [0.2, 0.25) is 5.91 Å². The van der Waals surface area contributed by atoms with Crippen molar-refractivity contribution in [2.75, 3.05) is 6.61 Å². The van der Waals surface area contributed by atoms with E-state index in [1.807, 2.05) is 6.08 Å². The number of amides is 1. The fourth-order valence-electron chi connectivity index (χ4n) is 5.48. The van der Waals surface area contributed by atoms with Crippen LogP contribution in [0.4, 0.5) is 0 Å². The van der Waals surface area contributed by atoms with Gasteiger partial charge < -0.3 is 20.6 Å². The van der Waals surface area contributed by atoms with E-state index in [1.165, 1.54) is 135 Å². The molecule has 3 atom stereocenters. The van der Waals surface area contributed by atoms with E-state index in [9.17, 15) is 20.1 Å². The molecule has 41 heavy (non-hydrogen) atoms. The molecule has 5 nitrogen and oxygen atoms in total. The lowest BCUT2D eigenvalue weighted by atomic mass is 10.0. The molecule has 0 fully saturated rings. The molecule has 0 aliphatic rings. The van der Waals surface area contributed by atoms with Crippen LogP contribution in [-0.4, -0.2) is 46.1 Å². The van der Waals surface area contributed by atoms with Gasteiger partial charge in [-0.1, -0.05) is 180 Å². The topological polar surface area (TPSA) is 89.8 Å². The van der Waals surface area contributed by atoms with Crippen molar-refractivity contribution in [2.45, 2.75) is 205 Å². The highest BCUT2D eigenvalue weighted by molar-refractivity contribution is 5.80. The van der Waals surface area contributed by atoms with E-state index in [-0.39, 0.29) is 6.61 Å². The lowest BCUT2D eigenvalue weighted by Gasteiger charge is -2.21. The minimum Gasteiger partial charge on any atom is -0.394 e. The van der Waals surface area contributed by atoms with Crippen molar-refractivity contribution < 1.29 is 20.1 Å². The summed E-state index contributed by atoms with van der Waals surface area (Å²) in [6.45, 7) is 4.16. The van der Waals surface area contributed by atoms with Crippen LogP contribution in [0, 0.1) is 0 Å². The maximum Gasteiger partial charge on any atom is 0.249 e. The first kappa shape index (κ1) is 40.1. The molecule has 1 amide bonds. The van der Waals surface area contributed by atoms with E-state index in [0.29, 0.717) is 6.42 Å². The summed E-state index contributed by atoms with van der Waals surface area (Å²) in [5.41, 5.74) is 0. The highest BCUT2D eigenvalue weighted by Crippen LogP contribution is 2.15. The third kappa shape index (κ3) is 27.7. The van der Waals surface area contributed by atoms with Crippen LogP contribution in [0.1, 0.15) is 187 Å². The van der Waals surface area contributed by atoms with Crippen LogP contribution in [0.15, 0.2) is 12.2 Å². The van der Waals surface area contributed by atoms with Crippen molar-refractivity contribution in [3.63, 3.8) is 0 Å². The van der Waals surface area contributed by atoms with E-state index in [1.54, 1.807) is 6.08 Å². The molecule has 0 heterocycles. The Hall–Kier alpha value is -0.910. The molecule has 0 aliphatic heterocycles. The predicted molar refractivity (Wildman–Crippen MR) is 176 cm³/mol. The summed E-state index contributed by atoms with van der Waals surface area (Å²) in [6, 6.07) is -0.790. The molecule has 0 bridgehead atoms. The van der Waals surface area contributed by atoms with Gasteiger partial charge in [0.1, 0.15) is 6.10 Å². The Bertz CT molecular complexity index is 568. The van der Waals surface area contributed by atoms with Crippen LogP contribution < -0.4 is 5.32 Å². The van der Waals surface area contributed by atoms with Crippen LogP contribution in [0.25, 0.3) is 0 Å². The summed E-state index contributed by atoms with van der Waals surface area (Å²) < 4.78 is 0. The predicted octanol–water partition coefficient (Wildman–Crippen LogP) is 9.31. The van der Waals surface area contributed by atoms with Gasteiger partial charge in [0.25, 0.3) is 0 Å². The molecule has 0 saturated heterocycles. The molecule has 0 radical (unpaired) electrons. The maximum absolute atomic E-state index is 12.4. The Balaban J connectivity index is 3.74. The first-order valence-electron chi connectivity index (χ1n) is 18.0. The molecule has 4 N–H and O–H groups in total. The van der Waals surface area contributed by atoms with Crippen molar-refractivity contribution in [3.05, 3.63) is 12.2 Å². The average molecular weight is 582 g/mol. The molecule has 0 aliphatic carbocycles. The van der Waals surface area contributed by atoms with Crippen molar-refractivity contribution in [1.29, 1.82) is 0 Å². The number of aliphatic hydroxyl groups excluding tert-OH is 3. The van der Waals surface area contributed by atoms with E-state index in [2.05, 4.69) is 19.2 Å². The first-order valence-corrected chi connectivity index (χ1v) is 18.0. The monoisotopic (exact) mass is 582 g/mol. The van der Waals surface area contributed by atoms with Crippen molar-refractivity contribution in [2.24, 2.45) is 0 Å². The zero-order valence-electron chi connectivity index (χ0n) is 27.4. The standard InChI is InChI=1S/C36H71NO4/c1-3-5-7-9-11-13-15-17-19-21-23-25-27-29-31-35(40)36(41)37-33(32-38)34(39)30-28-26-24-22-20-18-16-14-12-10-8-6-4-2/h28,30,33-35,38-40H,3-27,29,31-32H2,1-2H3,(H,37,41)/b30-28+. The van der Waals surface area contributed by atoms with E-state index < -0.39 is 24.2 Å². The maximum atomic E-state index is 12.4. The normalized spacial score (nSPS) is 14.0. The van der Waals surface area contributed by atoms with Gasteiger partial charge >= 0.3 is 0 Å². The molecule has 0 aromatic carbocycles. The first-order chi connectivity index (χ1) is 20.1. The highest BCUT2D eigenvalue weighted by atomic mass is 16.3. The minimum atomic E-state index is -1.09. The van der Waals surface area contributed by atoms with Crippen LogP contribution in [-0.2, 0) is 4.79 Å². The molecule has 3 unspecified atom stereocenters. The van der Waals surface area contributed by atoms with Gasteiger partial charge in [0.15, 0.2) is 0 Å². The molecule has 0 aromatic heterocycles. The molecule has 0 spiro atoms. The molecular weight excluding hydrogens is 510 g/mol. The fourth-order valence-corrected chi connectivity index (χ4v) is 5.48. The van der Waals surface area contributed by atoms with Crippen LogP contribution >= 0.6 is 0 Å². The molecule has 5 heteroatoms. The number of aliphatic hydroxyl groups is 3. The summed E-state index contributed by atoms with van der Waals surface area (Å²) in [7, 11) is 0.